The highest BCUT2D eigenvalue weighted by atomic mass is 15.1. The molecular formula is C20H32N+. The Balaban J connectivity index is 2.73. The molecule has 0 fully saturated rings. The van der Waals surface area contributed by atoms with Crippen molar-refractivity contribution < 1.29 is 4.58 Å². The Morgan fingerprint density at radius 3 is 1.71 bits per heavy atom. The summed E-state index contributed by atoms with van der Waals surface area (Å²) in [5.74, 6) is 1.10. The van der Waals surface area contributed by atoms with Gasteiger partial charge in [0.25, 0.3) is 0 Å². The summed E-state index contributed by atoms with van der Waals surface area (Å²) in [5.41, 5.74) is 4.85. The van der Waals surface area contributed by atoms with Crippen molar-refractivity contribution in [3.8, 4) is 0 Å². The molecule has 1 aromatic carbocycles. The predicted octanol–water partition coefficient (Wildman–Crippen LogP) is 5.86. The fraction of sp³-hybridized carbons (Fsp3) is 0.650. The monoisotopic (exact) mass is 286 g/mol. The molecule has 0 saturated heterocycles. The first kappa shape index (κ1) is 16.3. The second kappa shape index (κ2) is 5.26. The lowest BCUT2D eigenvalue weighted by atomic mass is 9.84. The lowest BCUT2D eigenvalue weighted by Crippen LogP contribution is -2.30. The fourth-order valence-corrected chi connectivity index (χ4v) is 3.93. The molecule has 0 bridgehead atoms. The molecule has 2 rings (SSSR count). The van der Waals surface area contributed by atoms with Gasteiger partial charge >= 0.3 is 0 Å². The van der Waals surface area contributed by atoms with Crippen LogP contribution in [0.25, 0.3) is 0 Å². The Bertz CT molecular complexity index is 533. The number of nitrogens with zero attached hydrogens (tertiary/aromatic N) is 1. The number of benzene rings is 1. The standard InChI is InChI=1S/C20H32N/c1-14(2)16-10-9-11-17(15(3)4)18(16)21-13-19(5,6)12-20(21,7)8/h9-11,13-15H,12H2,1-8H3/q+1. The van der Waals surface area contributed by atoms with E-state index in [0.29, 0.717) is 11.8 Å². The van der Waals surface area contributed by atoms with Crippen LogP contribution in [0.3, 0.4) is 0 Å². The van der Waals surface area contributed by atoms with Crippen molar-refractivity contribution in [2.24, 2.45) is 5.41 Å². The van der Waals surface area contributed by atoms with Gasteiger partial charge in [0.05, 0.1) is 0 Å². The van der Waals surface area contributed by atoms with Crippen LogP contribution >= 0.6 is 0 Å². The van der Waals surface area contributed by atoms with Crippen molar-refractivity contribution in [1.29, 1.82) is 0 Å². The molecule has 0 radical (unpaired) electrons. The largest absolute Gasteiger partial charge is 0.212 e. The second-order valence-electron chi connectivity index (χ2n) is 8.57. The van der Waals surface area contributed by atoms with E-state index in [1.165, 1.54) is 23.2 Å². The van der Waals surface area contributed by atoms with E-state index in [1.54, 1.807) is 0 Å². The molecular weight excluding hydrogens is 254 g/mol. The summed E-state index contributed by atoms with van der Waals surface area (Å²) in [4.78, 5) is 0. The molecule has 0 unspecified atom stereocenters. The van der Waals surface area contributed by atoms with Gasteiger partial charge in [-0.05, 0) is 11.8 Å². The lowest BCUT2D eigenvalue weighted by molar-refractivity contribution is -0.513. The van der Waals surface area contributed by atoms with E-state index in [2.05, 4.69) is 84.4 Å². The minimum Gasteiger partial charge on any atom is -0.197 e. The van der Waals surface area contributed by atoms with Crippen molar-refractivity contribution in [3.63, 3.8) is 0 Å². The highest BCUT2D eigenvalue weighted by molar-refractivity contribution is 5.66. The lowest BCUT2D eigenvalue weighted by Gasteiger charge is -2.23. The molecule has 0 spiro atoms. The maximum Gasteiger partial charge on any atom is 0.212 e. The molecule has 1 heteroatoms. The van der Waals surface area contributed by atoms with Gasteiger partial charge in [-0.15, -0.1) is 0 Å². The van der Waals surface area contributed by atoms with Crippen LogP contribution in [0, 0.1) is 5.41 Å². The third-order valence-corrected chi connectivity index (χ3v) is 4.60. The zero-order chi connectivity index (χ0) is 16.0. The molecule has 1 aliphatic heterocycles. The topological polar surface area (TPSA) is 3.01 Å². The molecule has 1 aromatic rings. The van der Waals surface area contributed by atoms with Gasteiger partial charge < -0.3 is 0 Å². The SMILES string of the molecule is CC(C)c1cccc(C(C)C)c1[N+]1=CC(C)(C)CC1(C)C. The van der Waals surface area contributed by atoms with E-state index in [0.717, 1.165) is 0 Å². The van der Waals surface area contributed by atoms with Crippen LogP contribution in [0.5, 0.6) is 0 Å². The molecule has 0 N–H and O–H groups in total. The molecule has 21 heavy (non-hydrogen) atoms. The van der Waals surface area contributed by atoms with Crippen LogP contribution in [0.2, 0.25) is 0 Å². The van der Waals surface area contributed by atoms with Crippen LogP contribution in [0.1, 0.15) is 84.8 Å². The molecule has 0 atom stereocenters. The van der Waals surface area contributed by atoms with Crippen LogP contribution in [0.15, 0.2) is 18.2 Å². The molecule has 116 valence electrons. The van der Waals surface area contributed by atoms with E-state index >= 15 is 0 Å². The number of rotatable bonds is 3. The summed E-state index contributed by atoms with van der Waals surface area (Å²) < 4.78 is 2.57. The number of para-hydroxylation sites is 1. The molecule has 0 aliphatic carbocycles. The minimum absolute atomic E-state index is 0.179. The van der Waals surface area contributed by atoms with Gasteiger partial charge in [0.15, 0.2) is 11.8 Å². The molecule has 1 aliphatic rings. The third-order valence-electron chi connectivity index (χ3n) is 4.60. The van der Waals surface area contributed by atoms with E-state index in [9.17, 15) is 0 Å². The highest BCUT2D eigenvalue weighted by Gasteiger charge is 2.47. The van der Waals surface area contributed by atoms with Crippen LogP contribution < -0.4 is 0 Å². The average Bonchev–Trinajstić information content (AvgIpc) is 2.55. The van der Waals surface area contributed by atoms with Crippen LogP contribution in [-0.4, -0.2) is 16.3 Å². The summed E-state index contributed by atoms with van der Waals surface area (Å²) >= 11 is 0. The van der Waals surface area contributed by atoms with Crippen LogP contribution in [-0.2, 0) is 0 Å². The van der Waals surface area contributed by atoms with Gasteiger partial charge in [-0.25, -0.2) is 0 Å². The van der Waals surface area contributed by atoms with Gasteiger partial charge in [-0.1, -0.05) is 59.7 Å². The Labute approximate surface area is 131 Å². The van der Waals surface area contributed by atoms with Crippen molar-refractivity contribution in [2.75, 3.05) is 0 Å². The highest BCUT2D eigenvalue weighted by Crippen LogP contribution is 2.43. The normalized spacial score (nSPS) is 20.2. The quantitative estimate of drug-likeness (QED) is 0.612. The van der Waals surface area contributed by atoms with E-state index in [-0.39, 0.29) is 11.0 Å². The third kappa shape index (κ3) is 3.07. The van der Waals surface area contributed by atoms with Crippen molar-refractivity contribution in [2.45, 2.75) is 79.2 Å². The first-order valence-corrected chi connectivity index (χ1v) is 8.33. The second-order valence-corrected chi connectivity index (χ2v) is 8.57. The average molecular weight is 286 g/mol. The Kier molecular flexibility index (Phi) is 4.08. The van der Waals surface area contributed by atoms with Gasteiger partial charge in [-0.2, -0.15) is 4.58 Å². The van der Waals surface area contributed by atoms with E-state index in [1.807, 2.05) is 0 Å². The summed E-state index contributed by atoms with van der Waals surface area (Å²) in [5, 5.41) is 0. The van der Waals surface area contributed by atoms with Gasteiger partial charge in [0.1, 0.15) is 0 Å². The summed E-state index contributed by atoms with van der Waals surface area (Å²) in [6, 6.07) is 6.84. The van der Waals surface area contributed by atoms with E-state index < -0.39 is 0 Å². The summed E-state index contributed by atoms with van der Waals surface area (Å²) in [7, 11) is 0. The Morgan fingerprint density at radius 1 is 0.905 bits per heavy atom. The molecule has 0 aromatic heterocycles. The van der Waals surface area contributed by atoms with Crippen molar-refractivity contribution >= 4 is 11.9 Å². The van der Waals surface area contributed by atoms with Crippen molar-refractivity contribution in [1.82, 2.24) is 0 Å². The molecule has 1 heterocycles. The molecule has 0 saturated carbocycles. The summed E-state index contributed by atoms with van der Waals surface area (Å²) in [6.45, 7) is 18.7. The zero-order valence-electron chi connectivity index (χ0n) is 15.1. The van der Waals surface area contributed by atoms with Crippen molar-refractivity contribution in [3.05, 3.63) is 29.3 Å². The van der Waals surface area contributed by atoms with Gasteiger partial charge in [-0.3, -0.25) is 0 Å². The number of hydrogen-bond donors (Lipinski definition) is 0. The molecule has 0 amide bonds. The Hall–Kier alpha value is -1.11. The maximum absolute atomic E-state index is 2.57. The van der Waals surface area contributed by atoms with E-state index in [4.69, 9.17) is 0 Å². The van der Waals surface area contributed by atoms with Gasteiger partial charge in [0, 0.05) is 36.8 Å². The van der Waals surface area contributed by atoms with Crippen LogP contribution in [0.4, 0.5) is 5.69 Å². The molecule has 1 nitrogen and oxygen atoms in total. The first-order valence-electron chi connectivity index (χ1n) is 8.33. The zero-order valence-corrected chi connectivity index (χ0v) is 15.1. The fourth-order valence-electron chi connectivity index (χ4n) is 3.93. The Morgan fingerprint density at radius 2 is 1.38 bits per heavy atom. The predicted molar refractivity (Wildman–Crippen MR) is 93.1 cm³/mol. The maximum atomic E-state index is 2.57. The number of hydrogen-bond acceptors (Lipinski definition) is 0. The minimum atomic E-state index is 0.179. The van der Waals surface area contributed by atoms with Gasteiger partial charge in [0.2, 0.25) is 5.69 Å². The smallest absolute Gasteiger partial charge is 0.197 e. The summed E-state index contributed by atoms with van der Waals surface area (Å²) in [6.07, 6.45) is 3.66. The first-order chi connectivity index (χ1) is 9.55.